The van der Waals surface area contributed by atoms with Gasteiger partial charge in [0.25, 0.3) is 0 Å². The molecule has 1 heterocycles. The molecule has 15 nitrogen and oxygen atoms in total. The molecule has 4 amide bonds. The summed E-state index contributed by atoms with van der Waals surface area (Å²) in [5, 5.41) is 12.3. The number of carbonyl (C=O) groups excluding carboxylic acids is 4. The molecule has 0 radical (unpaired) electrons. The van der Waals surface area contributed by atoms with Gasteiger partial charge in [0, 0.05) is 41.8 Å². The van der Waals surface area contributed by atoms with Crippen LogP contribution in [0, 0.1) is 6.92 Å². The molecule has 0 saturated heterocycles. The van der Waals surface area contributed by atoms with Gasteiger partial charge in [0.15, 0.2) is 0 Å². The predicted molar refractivity (Wildman–Crippen MR) is 225 cm³/mol. The second-order valence-electron chi connectivity index (χ2n) is 13.9. The highest BCUT2D eigenvalue weighted by atomic mass is 32.2. The van der Waals surface area contributed by atoms with Crippen molar-refractivity contribution in [3.8, 4) is 11.1 Å². The van der Waals surface area contributed by atoms with Gasteiger partial charge in [-0.2, -0.15) is 5.10 Å². The molecule has 312 valence electrons. The molecule has 0 saturated carbocycles. The molecule has 4 N–H and O–H groups in total. The third-order valence-electron chi connectivity index (χ3n) is 7.77. The first kappa shape index (κ1) is 46.9. The topological polar surface area (TPSA) is 215 Å². The van der Waals surface area contributed by atoms with Gasteiger partial charge < -0.3 is 25.4 Å². The van der Waals surface area contributed by atoms with E-state index < -0.39 is 43.3 Å². The molecule has 3 rings (SSSR count). The van der Waals surface area contributed by atoms with Crippen LogP contribution in [-0.2, 0) is 38.7 Å². The number of nitrogens with zero attached hydrogens (tertiary/aromatic N) is 1. The Morgan fingerprint density at radius 3 is 2.35 bits per heavy atom. The zero-order valence-corrected chi connectivity index (χ0v) is 36.4. The smallest absolute Gasteiger partial charge is 0.428 e. The number of amides is 4. The van der Waals surface area contributed by atoms with Crippen LogP contribution in [0.4, 0.5) is 21.0 Å². The number of hydrogen-bond acceptors (Lipinski definition) is 13. The van der Waals surface area contributed by atoms with Crippen molar-refractivity contribution in [3.05, 3.63) is 52.9 Å². The number of aryl methyl sites for hydroxylation is 1. The number of ether oxygens (including phenoxy) is 2. The summed E-state index contributed by atoms with van der Waals surface area (Å²) >= 11 is 2.43. The quantitative estimate of drug-likeness (QED) is 0.0312. The number of nitrogens with one attached hydrogen (secondary N) is 4. The van der Waals surface area contributed by atoms with Crippen LogP contribution < -0.4 is 21.4 Å². The molecule has 19 heteroatoms. The third-order valence-corrected chi connectivity index (χ3v) is 13.0. The number of carbonyl (C=O) groups is 4. The number of sulfone groups is 2. The standard InChI is InChI=1S/C38H51N5O10S4/c1-8-52-33(45)17-10-9-11-18-39-36(46)41-27-20-25(2)34(30(22-27)42-32(44)16-13-19-56(7,48)49)26-14-12-15-29(21-26)57(50,51)31-23-28(55-35(31)54-6)24-40-43-37(47)53-38(3,4)5/h12,14-15,20-24H,8-11,13,16-19H2,1-7H3,(H,42,44)(H,43,47)(H2,39,41,46). The molecular weight excluding hydrogens is 815 g/mol. The Labute approximate surface area is 343 Å². The van der Waals surface area contributed by atoms with Crippen LogP contribution in [0.2, 0.25) is 0 Å². The number of hydrogen-bond donors (Lipinski definition) is 4. The lowest BCUT2D eigenvalue weighted by Gasteiger charge is -2.18. The molecule has 0 unspecified atom stereocenters. The van der Waals surface area contributed by atoms with Crippen molar-refractivity contribution < 1.29 is 45.5 Å². The molecule has 0 spiro atoms. The maximum absolute atomic E-state index is 14.1. The minimum absolute atomic E-state index is 0.0165. The van der Waals surface area contributed by atoms with Gasteiger partial charge in [-0.3, -0.25) is 9.59 Å². The van der Waals surface area contributed by atoms with Crippen molar-refractivity contribution in [1.29, 1.82) is 0 Å². The van der Waals surface area contributed by atoms with E-state index in [2.05, 4.69) is 26.5 Å². The number of unbranched alkanes of at least 4 members (excludes halogenated alkanes) is 2. The Hall–Kier alpha value is -4.46. The van der Waals surface area contributed by atoms with E-state index in [9.17, 15) is 36.0 Å². The molecule has 3 aromatic rings. The lowest BCUT2D eigenvalue weighted by molar-refractivity contribution is -0.143. The average molecular weight is 866 g/mol. The van der Waals surface area contributed by atoms with E-state index in [1.54, 1.807) is 65.1 Å². The van der Waals surface area contributed by atoms with E-state index in [0.717, 1.165) is 6.26 Å². The number of thiophene rings is 1. The minimum atomic E-state index is -4.09. The van der Waals surface area contributed by atoms with E-state index in [4.69, 9.17) is 9.47 Å². The molecule has 0 aliphatic heterocycles. The third kappa shape index (κ3) is 15.8. The molecule has 0 aliphatic rings. The lowest BCUT2D eigenvalue weighted by Crippen LogP contribution is -2.29. The van der Waals surface area contributed by atoms with Crippen molar-refractivity contribution in [3.63, 3.8) is 0 Å². The molecule has 57 heavy (non-hydrogen) atoms. The maximum Gasteiger partial charge on any atom is 0.428 e. The van der Waals surface area contributed by atoms with Gasteiger partial charge in [-0.1, -0.05) is 18.6 Å². The van der Waals surface area contributed by atoms with Crippen molar-refractivity contribution in [2.75, 3.05) is 42.0 Å². The molecule has 2 aromatic carbocycles. The second-order valence-corrected chi connectivity index (χ2v) is 20.2. The van der Waals surface area contributed by atoms with Crippen LogP contribution in [0.25, 0.3) is 11.1 Å². The largest absolute Gasteiger partial charge is 0.466 e. The summed E-state index contributed by atoms with van der Waals surface area (Å²) in [5.41, 5.74) is 3.73. The van der Waals surface area contributed by atoms with Crippen LogP contribution in [0.15, 0.2) is 61.6 Å². The number of anilines is 2. The highest BCUT2D eigenvalue weighted by molar-refractivity contribution is 8.01. The van der Waals surface area contributed by atoms with Gasteiger partial charge in [0.05, 0.1) is 38.3 Å². The maximum atomic E-state index is 14.1. The monoisotopic (exact) mass is 865 g/mol. The normalized spacial score (nSPS) is 11.9. The summed E-state index contributed by atoms with van der Waals surface area (Å²) in [6.45, 7) is 9.33. The number of rotatable bonds is 19. The number of thioether (sulfide) groups is 1. The lowest BCUT2D eigenvalue weighted by atomic mass is 9.97. The predicted octanol–water partition coefficient (Wildman–Crippen LogP) is 7.15. The van der Waals surface area contributed by atoms with Gasteiger partial charge in [-0.25, -0.2) is 31.9 Å². The van der Waals surface area contributed by atoms with E-state index in [-0.39, 0.29) is 40.0 Å². The molecule has 0 atom stereocenters. The van der Waals surface area contributed by atoms with Crippen molar-refractivity contribution in [2.24, 2.45) is 5.10 Å². The van der Waals surface area contributed by atoms with E-state index in [0.29, 0.717) is 70.3 Å². The fourth-order valence-electron chi connectivity index (χ4n) is 5.39. The number of hydrazone groups is 1. The second kappa shape index (κ2) is 21.3. The fourth-order valence-corrected chi connectivity index (χ4v) is 10.0. The van der Waals surface area contributed by atoms with Crippen LogP contribution in [0.5, 0.6) is 0 Å². The van der Waals surface area contributed by atoms with Gasteiger partial charge in [0.2, 0.25) is 15.7 Å². The highest BCUT2D eigenvalue weighted by Crippen LogP contribution is 2.39. The summed E-state index contributed by atoms with van der Waals surface area (Å²) in [4.78, 5) is 50.0. The highest BCUT2D eigenvalue weighted by Gasteiger charge is 2.25. The molecular formula is C38H51N5O10S4. The van der Waals surface area contributed by atoms with Crippen LogP contribution in [0.3, 0.4) is 0 Å². The first-order chi connectivity index (χ1) is 26.7. The fraction of sp³-hybridized carbons (Fsp3) is 0.447. The molecule has 0 fully saturated rings. The first-order valence-electron chi connectivity index (χ1n) is 18.1. The minimum Gasteiger partial charge on any atom is -0.466 e. The van der Waals surface area contributed by atoms with Gasteiger partial charge in [-0.15, -0.1) is 23.1 Å². The number of benzene rings is 2. The van der Waals surface area contributed by atoms with Gasteiger partial charge in [-0.05, 0) is 102 Å². The zero-order valence-electron chi connectivity index (χ0n) is 33.1. The van der Waals surface area contributed by atoms with E-state index in [1.807, 2.05) is 0 Å². The summed E-state index contributed by atoms with van der Waals surface area (Å²) in [6.07, 6.45) is 5.72. The molecule has 0 aliphatic carbocycles. The van der Waals surface area contributed by atoms with Gasteiger partial charge in [0.1, 0.15) is 15.4 Å². The van der Waals surface area contributed by atoms with Crippen LogP contribution in [-0.4, -0.2) is 84.1 Å². The van der Waals surface area contributed by atoms with Crippen molar-refractivity contribution >= 4 is 84.4 Å². The molecule has 0 bridgehead atoms. The molecule has 1 aromatic heterocycles. The van der Waals surface area contributed by atoms with Crippen LogP contribution >= 0.6 is 23.1 Å². The Bertz CT molecular complexity index is 2160. The van der Waals surface area contributed by atoms with Gasteiger partial charge >= 0.3 is 18.1 Å². The summed E-state index contributed by atoms with van der Waals surface area (Å²) < 4.78 is 62.2. The summed E-state index contributed by atoms with van der Waals surface area (Å²) in [5.74, 6) is -0.899. The van der Waals surface area contributed by atoms with Crippen molar-refractivity contribution in [2.45, 2.75) is 92.7 Å². The Kier molecular flexibility index (Phi) is 17.6. The Balaban J connectivity index is 1.90. The Morgan fingerprint density at radius 2 is 1.68 bits per heavy atom. The van der Waals surface area contributed by atoms with Crippen molar-refractivity contribution in [1.82, 2.24) is 10.7 Å². The average Bonchev–Trinajstić information content (AvgIpc) is 3.52. The Morgan fingerprint density at radius 1 is 0.947 bits per heavy atom. The van der Waals surface area contributed by atoms with Crippen LogP contribution in [0.1, 0.15) is 76.7 Å². The zero-order chi connectivity index (χ0) is 42.4. The summed E-state index contributed by atoms with van der Waals surface area (Å²) in [6, 6.07) is 10.5. The van der Waals surface area contributed by atoms with E-state index >= 15 is 0 Å². The number of esters is 1. The summed E-state index contributed by atoms with van der Waals surface area (Å²) in [7, 11) is -7.39. The number of urea groups is 1. The first-order valence-corrected chi connectivity index (χ1v) is 23.7. The SMILES string of the molecule is CCOC(=O)CCCCCNC(=O)Nc1cc(C)c(-c2cccc(S(=O)(=O)c3cc(C=NNC(=O)OC(C)(C)C)sc3SC)c2)c(NC(=O)CCCS(C)(=O)=O)c1. The van der Waals surface area contributed by atoms with E-state index in [1.165, 1.54) is 47.5 Å².